The van der Waals surface area contributed by atoms with Gasteiger partial charge in [0.1, 0.15) is 10.8 Å². The topological polar surface area (TPSA) is 60.5 Å². The number of aromatic nitrogens is 1. The number of carbonyl (C=O) groups is 1. The molecule has 1 aromatic heterocycles. The number of benzene rings is 2. The molecule has 1 atom stereocenters. The first-order valence-corrected chi connectivity index (χ1v) is 9.59. The second-order valence-corrected chi connectivity index (χ2v) is 7.09. The summed E-state index contributed by atoms with van der Waals surface area (Å²) in [4.78, 5) is 16.9. The average Bonchev–Trinajstić information content (AvgIpc) is 3.16. The number of ether oxygens (including phenoxy) is 2. The summed E-state index contributed by atoms with van der Waals surface area (Å²) in [6.45, 7) is 1.86. The van der Waals surface area contributed by atoms with Crippen molar-refractivity contribution < 1.29 is 18.7 Å². The molecule has 3 aromatic rings. The van der Waals surface area contributed by atoms with Crippen molar-refractivity contribution in [3.8, 4) is 22.1 Å². The maximum Gasteiger partial charge on any atom is 0.226 e. The Hall–Kier alpha value is -2.93. The van der Waals surface area contributed by atoms with Crippen molar-refractivity contribution in [2.24, 2.45) is 0 Å². The molecule has 0 aliphatic carbocycles. The summed E-state index contributed by atoms with van der Waals surface area (Å²) < 4.78 is 23.6. The van der Waals surface area contributed by atoms with E-state index in [1.54, 1.807) is 26.4 Å². The molecule has 5 nitrogen and oxygen atoms in total. The van der Waals surface area contributed by atoms with Crippen LogP contribution in [-0.4, -0.2) is 25.1 Å². The Morgan fingerprint density at radius 2 is 1.86 bits per heavy atom. The molecule has 28 heavy (non-hydrogen) atoms. The summed E-state index contributed by atoms with van der Waals surface area (Å²) in [6.07, 6.45) is 0.176. The number of thiazole rings is 1. The molecule has 1 unspecified atom stereocenters. The number of amides is 1. The van der Waals surface area contributed by atoms with E-state index < -0.39 is 0 Å². The van der Waals surface area contributed by atoms with Gasteiger partial charge in [-0.05, 0) is 42.8 Å². The van der Waals surface area contributed by atoms with Crippen LogP contribution in [-0.2, 0) is 11.2 Å². The van der Waals surface area contributed by atoms with Crippen molar-refractivity contribution in [1.82, 2.24) is 10.3 Å². The molecule has 1 heterocycles. The lowest BCUT2D eigenvalue weighted by Crippen LogP contribution is -2.28. The van der Waals surface area contributed by atoms with E-state index in [9.17, 15) is 9.18 Å². The number of halogens is 1. The molecule has 146 valence electrons. The van der Waals surface area contributed by atoms with Crippen LogP contribution in [0.25, 0.3) is 10.6 Å². The molecule has 7 heteroatoms. The first kappa shape index (κ1) is 19.8. The van der Waals surface area contributed by atoms with Gasteiger partial charge in [-0.25, -0.2) is 9.37 Å². The van der Waals surface area contributed by atoms with Gasteiger partial charge in [0.15, 0.2) is 11.5 Å². The minimum atomic E-state index is -0.299. The van der Waals surface area contributed by atoms with E-state index in [2.05, 4.69) is 10.3 Å². The Morgan fingerprint density at radius 1 is 1.14 bits per heavy atom. The van der Waals surface area contributed by atoms with Crippen molar-refractivity contribution >= 4 is 17.2 Å². The zero-order chi connectivity index (χ0) is 20.1. The van der Waals surface area contributed by atoms with E-state index in [1.807, 2.05) is 30.5 Å². The monoisotopic (exact) mass is 400 g/mol. The summed E-state index contributed by atoms with van der Waals surface area (Å²) in [6, 6.07) is 11.5. The molecule has 3 rings (SSSR count). The zero-order valence-electron chi connectivity index (χ0n) is 15.9. The molecule has 0 saturated heterocycles. The van der Waals surface area contributed by atoms with Gasteiger partial charge in [0.2, 0.25) is 5.91 Å². The number of methoxy groups -OCH3 is 2. The molecule has 0 fully saturated rings. The van der Waals surface area contributed by atoms with Crippen LogP contribution in [0.2, 0.25) is 0 Å². The van der Waals surface area contributed by atoms with Crippen molar-refractivity contribution in [1.29, 1.82) is 0 Å². The standard InChI is InChI=1S/C21H21FN2O3S/c1-13(14-4-7-16(22)8-5-14)23-20(25)11-17-12-28-21(24-17)15-6-9-18(26-2)19(10-15)27-3/h4-10,12-13H,11H2,1-3H3,(H,23,25). The fourth-order valence-corrected chi connectivity index (χ4v) is 3.60. The number of nitrogens with one attached hydrogen (secondary N) is 1. The molecule has 0 aliphatic heterocycles. The Kier molecular flexibility index (Phi) is 6.26. The SMILES string of the molecule is COc1ccc(-c2nc(CC(=O)NC(C)c3ccc(F)cc3)cs2)cc1OC. The number of hydrogen-bond acceptors (Lipinski definition) is 5. The van der Waals surface area contributed by atoms with E-state index in [1.165, 1.54) is 23.5 Å². The van der Waals surface area contributed by atoms with E-state index in [0.29, 0.717) is 17.2 Å². The van der Waals surface area contributed by atoms with Crippen molar-refractivity contribution in [3.63, 3.8) is 0 Å². The van der Waals surface area contributed by atoms with Gasteiger partial charge in [-0.2, -0.15) is 0 Å². The Balaban J connectivity index is 1.65. The molecule has 0 spiro atoms. The predicted octanol–water partition coefficient (Wildman–Crippen LogP) is 4.39. The molecular formula is C21H21FN2O3S. The molecule has 1 amide bonds. The van der Waals surface area contributed by atoms with E-state index in [0.717, 1.165) is 16.1 Å². The maximum absolute atomic E-state index is 13.0. The van der Waals surface area contributed by atoms with Gasteiger partial charge in [-0.3, -0.25) is 4.79 Å². The highest BCUT2D eigenvalue weighted by atomic mass is 32.1. The number of rotatable bonds is 7. The fraction of sp³-hybridized carbons (Fsp3) is 0.238. The van der Waals surface area contributed by atoms with Crippen LogP contribution in [0.5, 0.6) is 11.5 Å². The van der Waals surface area contributed by atoms with Gasteiger partial charge in [0.25, 0.3) is 0 Å². The lowest BCUT2D eigenvalue weighted by atomic mass is 10.1. The van der Waals surface area contributed by atoms with Gasteiger partial charge >= 0.3 is 0 Å². The van der Waals surface area contributed by atoms with E-state index >= 15 is 0 Å². The average molecular weight is 400 g/mol. The quantitative estimate of drug-likeness (QED) is 0.639. The summed E-state index contributed by atoms with van der Waals surface area (Å²) in [7, 11) is 3.17. The third-order valence-electron chi connectivity index (χ3n) is 4.27. The second kappa shape index (κ2) is 8.84. The van der Waals surface area contributed by atoms with Crippen molar-refractivity contribution in [3.05, 3.63) is 64.9 Å². The summed E-state index contributed by atoms with van der Waals surface area (Å²) in [5.41, 5.74) is 2.44. The smallest absolute Gasteiger partial charge is 0.226 e. The van der Waals surface area contributed by atoms with Gasteiger partial charge in [-0.1, -0.05) is 12.1 Å². The Labute approximate surface area is 167 Å². The molecule has 0 saturated carbocycles. The van der Waals surface area contributed by atoms with Crippen LogP contribution in [0.3, 0.4) is 0 Å². The largest absolute Gasteiger partial charge is 0.493 e. The lowest BCUT2D eigenvalue weighted by molar-refractivity contribution is -0.121. The van der Waals surface area contributed by atoms with Crippen LogP contribution in [0.1, 0.15) is 24.2 Å². The zero-order valence-corrected chi connectivity index (χ0v) is 16.7. The normalized spacial score (nSPS) is 11.7. The van der Waals surface area contributed by atoms with Gasteiger partial charge in [0, 0.05) is 10.9 Å². The Morgan fingerprint density at radius 3 is 2.54 bits per heavy atom. The highest BCUT2D eigenvalue weighted by molar-refractivity contribution is 7.13. The summed E-state index contributed by atoms with van der Waals surface area (Å²) >= 11 is 1.46. The third-order valence-corrected chi connectivity index (χ3v) is 5.21. The van der Waals surface area contributed by atoms with Gasteiger partial charge < -0.3 is 14.8 Å². The fourth-order valence-electron chi connectivity index (χ4n) is 2.78. The van der Waals surface area contributed by atoms with Crippen LogP contribution >= 0.6 is 11.3 Å². The number of hydrogen-bond donors (Lipinski definition) is 1. The third kappa shape index (κ3) is 4.67. The van der Waals surface area contributed by atoms with Gasteiger partial charge in [0.05, 0.1) is 32.4 Å². The summed E-state index contributed by atoms with van der Waals surface area (Å²) in [5, 5.41) is 5.58. The number of nitrogens with zero attached hydrogens (tertiary/aromatic N) is 1. The minimum absolute atomic E-state index is 0.138. The van der Waals surface area contributed by atoms with E-state index in [4.69, 9.17) is 9.47 Å². The van der Waals surface area contributed by atoms with Crippen LogP contribution < -0.4 is 14.8 Å². The summed E-state index contributed by atoms with van der Waals surface area (Å²) in [5.74, 6) is 0.841. The molecule has 1 N–H and O–H groups in total. The first-order valence-electron chi connectivity index (χ1n) is 8.71. The van der Waals surface area contributed by atoms with Crippen LogP contribution in [0.15, 0.2) is 47.8 Å². The molecular weight excluding hydrogens is 379 g/mol. The minimum Gasteiger partial charge on any atom is -0.493 e. The predicted molar refractivity (Wildman–Crippen MR) is 107 cm³/mol. The highest BCUT2D eigenvalue weighted by Gasteiger charge is 2.14. The number of carbonyl (C=O) groups excluding carboxylic acids is 1. The first-order chi connectivity index (χ1) is 13.5. The van der Waals surface area contributed by atoms with Gasteiger partial charge in [-0.15, -0.1) is 11.3 Å². The van der Waals surface area contributed by atoms with Crippen molar-refractivity contribution in [2.75, 3.05) is 14.2 Å². The van der Waals surface area contributed by atoms with Crippen molar-refractivity contribution in [2.45, 2.75) is 19.4 Å². The molecule has 2 aromatic carbocycles. The molecule has 0 radical (unpaired) electrons. The Bertz CT molecular complexity index is 957. The molecule has 0 aliphatic rings. The van der Waals surface area contributed by atoms with Crippen LogP contribution in [0, 0.1) is 5.82 Å². The van der Waals surface area contributed by atoms with E-state index in [-0.39, 0.29) is 24.2 Å². The van der Waals surface area contributed by atoms with Crippen LogP contribution in [0.4, 0.5) is 4.39 Å². The highest BCUT2D eigenvalue weighted by Crippen LogP contribution is 2.33. The maximum atomic E-state index is 13.0. The molecule has 0 bridgehead atoms. The second-order valence-electron chi connectivity index (χ2n) is 6.23. The lowest BCUT2D eigenvalue weighted by Gasteiger charge is -2.13.